The molecule has 27 heavy (non-hydrogen) atoms. The first kappa shape index (κ1) is 20.0. The number of hydrogen-bond acceptors (Lipinski definition) is 3. The Balaban J connectivity index is 1.51. The molecule has 1 saturated heterocycles. The minimum atomic E-state index is -0.356. The molecule has 0 atom stereocenters. The van der Waals surface area contributed by atoms with E-state index in [9.17, 15) is 13.6 Å². The van der Waals surface area contributed by atoms with Crippen LogP contribution >= 0.6 is 22.6 Å². The first-order chi connectivity index (χ1) is 13.0. The summed E-state index contributed by atoms with van der Waals surface area (Å²) < 4.78 is 32.5. The summed E-state index contributed by atoms with van der Waals surface area (Å²) in [6.07, 6.45) is 1.64. The molecule has 144 valence electrons. The Morgan fingerprint density at radius 2 is 1.96 bits per heavy atom. The molecule has 0 radical (unpaired) electrons. The number of benzene rings is 2. The van der Waals surface area contributed by atoms with Gasteiger partial charge in [-0.1, -0.05) is 6.07 Å². The predicted octanol–water partition coefficient (Wildman–Crippen LogP) is 3.97. The van der Waals surface area contributed by atoms with Gasteiger partial charge in [0.25, 0.3) is 5.91 Å². The van der Waals surface area contributed by atoms with Crippen LogP contribution in [-0.4, -0.2) is 37.0 Å². The van der Waals surface area contributed by atoms with Gasteiger partial charge in [-0.15, -0.1) is 0 Å². The largest absolute Gasteiger partial charge is 0.494 e. The third kappa shape index (κ3) is 5.16. The number of likely N-dealkylation sites (tertiary alicyclic amines) is 1. The van der Waals surface area contributed by atoms with Crippen LogP contribution in [-0.2, 0) is 6.54 Å². The third-order valence-corrected chi connectivity index (χ3v) is 5.61. The molecule has 0 spiro atoms. The number of ether oxygens (including phenoxy) is 1. The standard InChI is InChI=1S/C20H21F2IN2O2/c1-27-19-5-2-13(10-17(19)22)12-25-8-6-15(7-9-25)24-20(26)16-4-3-14(21)11-18(16)23/h2-5,10-11,15H,6-9,12H2,1H3,(H,24,26). The zero-order valence-corrected chi connectivity index (χ0v) is 17.1. The van der Waals surface area contributed by atoms with E-state index in [4.69, 9.17) is 4.74 Å². The van der Waals surface area contributed by atoms with E-state index in [2.05, 4.69) is 10.2 Å². The van der Waals surface area contributed by atoms with E-state index < -0.39 is 0 Å². The molecule has 3 rings (SSSR count). The fourth-order valence-corrected chi connectivity index (χ4v) is 3.96. The number of carbonyl (C=O) groups excluding carboxylic acids is 1. The van der Waals surface area contributed by atoms with Gasteiger partial charge >= 0.3 is 0 Å². The van der Waals surface area contributed by atoms with Crippen LogP contribution in [0.1, 0.15) is 28.8 Å². The van der Waals surface area contributed by atoms with Crippen molar-refractivity contribution in [2.24, 2.45) is 0 Å². The molecule has 0 aromatic heterocycles. The molecule has 0 saturated carbocycles. The van der Waals surface area contributed by atoms with Crippen molar-refractivity contribution < 1.29 is 18.3 Å². The van der Waals surface area contributed by atoms with Crippen molar-refractivity contribution in [1.82, 2.24) is 10.2 Å². The van der Waals surface area contributed by atoms with Crippen molar-refractivity contribution in [3.63, 3.8) is 0 Å². The Morgan fingerprint density at radius 3 is 2.59 bits per heavy atom. The van der Waals surface area contributed by atoms with E-state index in [1.807, 2.05) is 28.7 Å². The van der Waals surface area contributed by atoms with E-state index in [1.54, 1.807) is 6.07 Å². The highest BCUT2D eigenvalue weighted by atomic mass is 127. The van der Waals surface area contributed by atoms with Crippen molar-refractivity contribution >= 4 is 28.5 Å². The van der Waals surface area contributed by atoms with Crippen LogP contribution < -0.4 is 10.1 Å². The van der Waals surface area contributed by atoms with Gasteiger partial charge in [-0.2, -0.15) is 0 Å². The topological polar surface area (TPSA) is 41.6 Å². The molecule has 1 aliphatic rings. The lowest BCUT2D eigenvalue weighted by Gasteiger charge is -2.32. The summed E-state index contributed by atoms with van der Waals surface area (Å²) >= 11 is 1.97. The van der Waals surface area contributed by atoms with Gasteiger partial charge in [-0.3, -0.25) is 9.69 Å². The summed E-state index contributed by atoms with van der Waals surface area (Å²) in [7, 11) is 1.45. The number of methoxy groups -OCH3 is 1. The lowest BCUT2D eigenvalue weighted by Crippen LogP contribution is -2.44. The quantitative estimate of drug-likeness (QED) is 0.651. The predicted molar refractivity (Wildman–Crippen MR) is 108 cm³/mol. The Hall–Kier alpha value is -1.74. The molecule has 1 aliphatic heterocycles. The van der Waals surface area contributed by atoms with E-state index in [0.29, 0.717) is 15.7 Å². The minimum Gasteiger partial charge on any atom is -0.494 e. The molecule has 2 aromatic carbocycles. The maximum absolute atomic E-state index is 13.8. The van der Waals surface area contributed by atoms with Gasteiger partial charge in [0.05, 0.1) is 12.7 Å². The fraction of sp³-hybridized carbons (Fsp3) is 0.350. The maximum atomic E-state index is 13.8. The van der Waals surface area contributed by atoms with Gasteiger partial charge < -0.3 is 10.1 Å². The highest BCUT2D eigenvalue weighted by Crippen LogP contribution is 2.21. The molecule has 1 fully saturated rings. The van der Waals surface area contributed by atoms with Crippen molar-refractivity contribution in [2.45, 2.75) is 25.4 Å². The fourth-order valence-electron chi connectivity index (χ4n) is 3.24. The number of nitrogens with zero attached hydrogens (tertiary/aromatic N) is 1. The molecule has 1 heterocycles. The highest BCUT2D eigenvalue weighted by molar-refractivity contribution is 14.1. The summed E-state index contributed by atoms with van der Waals surface area (Å²) in [6, 6.07) is 9.26. The van der Waals surface area contributed by atoms with Gasteiger partial charge in [0.2, 0.25) is 0 Å². The molecule has 0 unspecified atom stereocenters. The number of carbonyl (C=O) groups is 1. The van der Waals surface area contributed by atoms with Crippen LogP contribution in [0.15, 0.2) is 36.4 Å². The molecule has 7 heteroatoms. The van der Waals surface area contributed by atoms with Crippen molar-refractivity contribution in [1.29, 1.82) is 0 Å². The van der Waals surface area contributed by atoms with E-state index in [-0.39, 0.29) is 29.3 Å². The molecular formula is C20H21F2IN2O2. The second-order valence-corrected chi connectivity index (χ2v) is 7.78. The minimum absolute atomic E-state index is 0.0854. The zero-order valence-electron chi connectivity index (χ0n) is 15.0. The Kier molecular flexibility index (Phi) is 6.64. The molecule has 0 bridgehead atoms. The molecule has 4 nitrogen and oxygen atoms in total. The number of amides is 1. The second kappa shape index (κ2) is 8.97. The van der Waals surface area contributed by atoms with E-state index >= 15 is 0 Å². The van der Waals surface area contributed by atoms with Crippen LogP contribution in [0, 0.1) is 15.2 Å². The van der Waals surface area contributed by atoms with Crippen LogP contribution in [0.25, 0.3) is 0 Å². The van der Waals surface area contributed by atoms with Crippen LogP contribution in [0.5, 0.6) is 5.75 Å². The molecular weight excluding hydrogens is 465 g/mol. The molecule has 0 aliphatic carbocycles. The number of hydrogen-bond donors (Lipinski definition) is 1. The average Bonchev–Trinajstić information content (AvgIpc) is 2.63. The number of piperidine rings is 1. The number of halogens is 3. The summed E-state index contributed by atoms with van der Waals surface area (Å²) in [5, 5.41) is 3.03. The summed E-state index contributed by atoms with van der Waals surface area (Å²) in [4.78, 5) is 14.7. The van der Waals surface area contributed by atoms with Gasteiger partial charge in [-0.25, -0.2) is 8.78 Å². The van der Waals surface area contributed by atoms with Crippen molar-refractivity contribution in [2.75, 3.05) is 20.2 Å². The van der Waals surface area contributed by atoms with Gasteiger partial charge in [0.1, 0.15) is 5.82 Å². The molecule has 1 N–H and O–H groups in total. The average molecular weight is 486 g/mol. The summed E-state index contributed by atoms with van der Waals surface area (Å²) in [5.41, 5.74) is 1.39. The highest BCUT2D eigenvalue weighted by Gasteiger charge is 2.22. The monoisotopic (exact) mass is 486 g/mol. The van der Waals surface area contributed by atoms with Crippen LogP contribution in [0.4, 0.5) is 8.78 Å². The molecule has 2 aromatic rings. The van der Waals surface area contributed by atoms with Gasteiger partial charge in [0, 0.05) is 29.2 Å². The van der Waals surface area contributed by atoms with Crippen molar-refractivity contribution in [3.05, 3.63) is 62.7 Å². The SMILES string of the molecule is COc1ccc(CN2CCC(NC(=O)c3ccc(F)cc3I)CC2)cc1F. The molecule has 1 amide bonds. The lowest BCUT2D eigenvalue weighted by molar-refractivity contribution is 0.0908. The van der Waals surface area contributed by atoms with E-state index in [1.165, 1.54) is 31.4 Å². The Labute approximate surface area is 171 Å². The number of rotatable bonds is 5. The second-order valence-electron chi connectivity index (χ2n) is 6.62. The zero-order chi connectivity index (χ0) is 19.4. The Morgan fingerprint density at radius 1 is 1.22 bits per heavy atom. The normalized spacial score (nSPS) is 15.6. The summed E-state index contributed by atoms with van der Waals surface area (Å²) in [5.74, 6) is -0.629. The van der Waals surface area contributed by atoms with Gasteiger partial charge in [0.15, 0.2) is 11.6 Å². The summed E-state index contributed by atoms with van der Waals surface area (Å²) in [6.45, 7) is 2.30. The van der Waals surface area contributed by atoms with Gasteiger partial charge in [-0.05, 0) is 71.3 Å². The van der Waals surface area contributed by atoms with Crippen molar-refractivity contribution in [3.8, 4) is 5.75 Å². The smallest absolute Gasteiger partial charge is 0.252 e. The Bertz CT molecular complexity index is 824. The first-order valence-corrected chi connectivity index (χ1v) is 9.85. The van der Waals surface area contributed by atoms with E-state index in [0.717, 1.165) is 31.5 Å². The first-order valence-electron chi connectivity index (χ1n) is 8.77. The lowest BCUT2D eigenvalue weighted by atomic mass is 10.0. The maximum Gasteiger partial charge on any atom is 0.252 e. The van der Waals surface area contributed by atoms with Crippen LogP contribution in [0.2, 0.25) is 0 Å². The number of nitrogens with one attached hydrogen (secondary N) is 1. The van der Waals surface area contributed by atoms with Crippen LogP contribution in [0.3, 0.4) is 0 Å². The third-order valence-electron chi connectivity index (χ3n) is 4.72.